The topological polar surface area (TPSA) is 6.48 Å². The summed E-state index contributed by atoms with van der Waals surface area (Å²) in [6, 6.07) is 91.3. The molecule has 2 heteroatoms. The highest BCUT2D eigenvalue weighted by Crippen LogP contribution is 2.39. The van der Waals surface area contributed by atoms with Crippen molar-refractivity contribution in [2.75, 3.05) is 9.80 Å². The molecule has 0 fully saturated rings. The number of nitrogens with zero attached hydrogens (tertiary/aromatic N) is 2. The SMILES string of the molecule is C(=Cc1ccc2ccccc2c1)c1ccc(N(c2ccccc2)c2ccc(-c3ccc(N(c4ccccc4)c4ccc(/C=C/c5c6ccccc6cc6ccccc56)cc4)cc3)cc2)cc1. The number of fused-ring (bicyclic) bond motifs is 3. The van der Waals surface area contributed by atoms with Gasteiger partial charge in [-0.1, -0.05) is 194 Å². The summed E-state index contributed by atoms with van der Waals surface area (Å²) >= 11 is 0. The minimum absolute atomic E-state index is 1.10. The summed E-state index contributed by atoms with van der Waals surface area (Å²) in [4.78, 5) is 4.63. The zero-order chi connectivity index (χ0) is 44.1. The largest absolute Gasteiger partial charge is 0.311 e. The Hall–Kier alpha value is -8.72. The van der Waals surface area contributed by atoms with E-state index in [1.165, 1.54) is 43.4 Å². The molecular weight excluding hydrogens is 797 g/mol. The maximum atomic E-state index is 2.32. The van der Waals surface area contributed by atoms with Gasteiger partial charge in [0.15, 0.2) is 0 Å². The van der Waals surface area contributed by atoms with Gasteiger partial charge in [-0.2, -0.15) is 0 Å². The van der Waals surface area contributed by atoms with Crippen LogP contribution in [0.1, 0.15) is 22.3 Å². The summed E-state index contributed by atoms with van der Waals surface area (Å²) in [6.45, 7) is 0. The molecule has 0 saturated heterocycles. The van der Waals surface area contributed by atoms with Gasteiger partial charge < -0.3 is 9.80 Å². The molecule has 11 rings (SSSR count). The molecule has 0 N–H and O–H groups in total. The molecule has 66 heavy (non-hydrogen) atoms. The van der Waals surface area contributed by atoms with Crippen LogP contribution in [0.15, 0.2) is 255 Å². The summed E-state index contributed by atoms with van der Waals surface area (Å²) in [5.41, 5.74) is 13.7. The van der Waals surface area contributed by atoms with E-state index in [0.717, 1.165) is 56.4 Å². The highest BCUT2D eigenvalue weighted by Gasteiger charge is 2.15. The second-order valence-electron chi connectivity index (χ2n) is 16.6. The molecule has 0 unspecified atom stereocenters. The first kappa shape index (κ1) is 40.1. The monoisotopic (exact) mass is 842 g/mol. The lowest BCUT2D eigenvalue weighted by molar-refractivity contribution is 1.28. The van der Waals surface area contributed by atoms with E-state index in [1.807, 2.05) is 0 Å². The van der Waals surface area contributed by atoms with E-state index < -0.39 is 0 Å². The quantitative estimate of drug-likeness (QED) is 0.0945. The molecular formula is C64H46N2. The molecule has 0 aliphatic heterocycles. The third kappa shape index (κ3) is 8.40. The molecule has 0 amide bonds. The molecule has 11 aromatic rings. The standard InChI is InChI=1S/C64H46N2/c1-3-17-56(18-4-1)65(58-36-26-47(27-37-58)23-24-49-25-31-50-13-7-8-14-53(50)45-49)60-40-32-51(33-41-60)52-34-42-61(43-35-52)66(57-19-5-2-6-20-57)59-38-28-48(29-39-59)30-44-64-62-21-11-9-15-54(62)46-55-16-10-12-22-63(55)64/h1-46H/b24-23?,44-30+. The molecule has 0 aliphatic carbocycles. The van der Waals surface area contributed by atoms with Gasteiger partial charge in [0, 0.05) is 34.1 Å². The minimum atomic E-state index is 1.10. The summed E-state index contributed by atoms with van der Waals surface area (Å²) in [6.07, 6.45) is 8.87. The van der Waals surface area contributed by atoms with E-state index in [0.29, 0.717) is 0 Å². The smallest absolute Gasteiger partial charge is 0.0462 e. The lowest BCUT2D eigenvalue weighted by Crippen LogP contribution is -2.10. The van der Waals surface area contributed by atoms with Gasteiger partial charge >= 0.3 is 0 Å². The van der Waals surface area contributed by atoms with E-state index in [-0.39, 0.29) is 0 Å². The zero-order valence-corrected chi connectivity index (χ0v) is 36.5. The second kappa shape index (κ2) is 18.2. The predicted molar refractivity (Wildman–Crippen MR) is 285 cm³/mol. The first-order chi connectivity index (χ1) is 32.7. The van der Waals surface area contributed by atoms with Crippen LogP contribution in [0.4, 0.5) is 34.1 Å². The third-order valence-electron chi connectivity index (χ3n) is 12.4. The first-order valence-corrected chi connectivity index (χ1v) is 22.6. The van der Waals surface area contributed by atoms with E-state index >= 15 is 0 Å². The van der Waals surface area contributed by atoms with E-state index in [4.69, 9.17) is 0 Å². The molecule has 11 aromatic carbocycles. The lowest BCUT2D eigenvalue weighted by Gasteiger charge is -2.26. The Bertz CT molecular complexity index is 3430. The van der Waals surface area contributed by atoms with Gasteiger partial charge in [0.05, 0.1) is 0 Å². The maximum absolute atomic E-state index is 2.32. The molecule has 0 aromatic heterocycles. The molecule has 0 spiro atoms. The molecule has 0 aliphatic rings. The average Bonchev–Trinajstić information content (AvgIpc) is 3.39. The molecule has 0 atom stereocenters. The van der Waals surface area contributed by atoms with Crippen LogP contribution in [0.25, 0.3) is 67.7 Å². The fourth-order valence-electron chi connectivity index (χ4n) is 9.04. The highest BCUT2D eigenvalue weighted by molar-refractivity contribution is 6.08. The van der Waals surface area contributed by atoms with Crippen molar-refractivity contribution in [3.05, 3.63) is 277 Å². The Balaban J connectivity index is 0.837. The van der Waals surface area contributed by atoms with Crippen LogP contribution in [0.2, 0.25) is 0 Å². The zero-order valence-electron chi connectivity index (χ0n) is 36.5. The molecule has 2 nitrogen and oxygen atoms in total. The van der Waals surface area contributed by atoms with E-state index in [1.54, 1.807) is 0 Å². The van der Waals surface area contributed by atoms with Crippen LogP contribution < -0.4 is 9.80 Å². The number of para-hydroxylation sites is 2. The van der Waals surface area contributed by atoms with Crippen LogP contribution >= 0.6 is 0 Å². The molecule has 0 radical (unpaired) electrons. The Labute approximate surface area is 386 Å². The second-order valence-corrected chi connectivity index (χ2v) is 16.6. The first-order valence-electron chi connectivity index (χ1n) is 22.6. The third-order valence-corrected chi connectivity index (χ3v) is 12.4. The van der Waals surface area contributed by atoms with Gasteiger partial charge in [-0.15, -0.1) is 0 Å². The van der Waals surface area contributed by atoms with Gasteiger partial charge in [-0.05, 0) is 151 Å². The number of hydrogen-bond donors (Lipinski definition) is 0. The van der Waals surface area contributed by atoms with Gasteiger partial charge in [-0.25, -0.2) is 0 Å². The van der Waals surface area contributed by atoms with Crippen molar-refractivity contribution in [2.24, 2.45) is 0 Å². The van der Waals surface area contributed by atoms with Crippen LogP contribution in [0, 0.1) is 0 Å². The number of rotatable bonds is 11. The summed E-state index contributed by atoms with van der Waals surface area (Å²) < 4.78 is 0. The Morgan fingerprint density at radius 2 is 0.576 bits per heavy atom. The number of hydrogen-bond acceptors (Lipinski definition) is 2. The van der Waals surface area contributed by atoms with E-state index in [9.17, 15) is 0 Å². The van der Waals surface area contributed by atoms with Crippen LogP contribution in [-0.4, -0.2) is 0 Å². The Morgan fingerprint density at radius 1 is 0.227 bits per heavy atom. The fraction of sp³-hybridized carbons (Fsp3) is 0. The normalized spacial score (nSPS) is 11.5. The molecule has 312 valence electrons. The van der Waals surface area contributed by atoms with Crippen molar-refractivity contribution in [3.8, 4) is 11.1 Å². The van der Waals surface area contributed by atoms with Crippen LogP contribution in [-0.2, 0) is 0 Å². The maximum Gasteiger partial charge on any atom is 0.0462 e. The number of anilines is 6. The van der Waals surface area contributed by atoms with Crippen molar-refractivity contribution >= 4 is 90.7 Å². The predicted octanol–water partition coefficient (Wildman–Crippen LogP) is 18.1. The molecule has 0 heterocycles. The van der Waals surface area contributed by atoms with Crippen LogP contribution in [0.5, 0.6) is 0 Å². The average molecular weight is 843 g/mol. The van der Waals surface area contributed by atoms with Gasteiger partial charge in [-0.3, -0.25) is 0 Å². The van der Waals surface area contributed by atoms with Gasteiger partial charge in [0.2, 0.25) is 0 Å². The lowest BCUT2D eigenvalue weighted by atomic mass is 9.96. The van der Waals surface area contributed by atoms with Crippen molar-refractivity contribution in [2.45, 2.75) is 0 Å². The summed E-state index contributed by atoms with van der Waals surface area (Å²) in [7, 11) is 0. The number of benzene rings is 11. The van der Waals surface area contributed by atoms with Gasteiger partial charge in [0.1, 0.15) is 0 Å². The summed E-state index contributed by atoms with van der Waals surface area (Å²) in [5.74, 6) is 0. The van der Waals surface area contributed by atoms with Crippen molar-refractivity contribution in [1.29, 1.82) is 0 Å². The van der Waals surface area contributed by atoms with Crippen molar-refractivity contribution < 1.29 is 0 Å². The Morgan fingerprint density at radius 3 is 1.06 bits per heavy atom. The Kier molecular flexibility index (Phi) is 11.0. The van der Waals surface area contributed by atoms with Crippen molar-refractivity contribution in [3.63, 3.8) is 0 Å². The summed E-state index contributed by atoms with van der Waals surface area (Å²) in [5, 5.41) is 7.53. The van der Waals surface area contributed by atoms with E-state index in [2.05, 4.69) is 289 Å². The van der Waals surface area contributed by atoms with Crippen LogP contribution in [0.3, 0.4) is 0 Å². The minimum Gasteiger partial charge on any atom is -0.311 e. The highest BCUT2D eigenvalue weighted by atomic mass is 15.1. The van der Waals surface area contributed by atoms with Crippen molar-refractivity contribution in [1.82, 2.24) is 0 Å². The fourth-order valence-corrected chi connectivity index (χ4v) is 9.04. The van der Waals surface area contributed by atoms with Gasteiger partial charge in [0.25, 0.3) is 0 Å². The molecule has 0 bridgehead atoms. The molecule has 0 saturated carbocycles.